The van der Waals surface area contributed by atoms with Gasteiger partial charge in [-0.05, 0) is 43.4 Å². The van der Waals surface area contributed by atoms with Crippen molar-refractivity contribution in [2.24, 2.45) is 17.8 Å². The fourth-order valence-corrected chi connectivity index (χ4v) is 14.6. The first-order valence-electron chi connectivity index (χ1n) is 43.3. The Balaban J connectivity index is 5.24. The van der Waals surface area contributed by atoms with Gasteiger partial charge in [-0.15, -0.1) is 0 Å². The van der Waals surface area contributed by atoms with Gasteiger partial charge in [0.25, 0.3) is 0 Å². The lowest BCUT2D eigenvalue weighted by molar-refractivity contribution is -0.161. The Hall–Kier alpha value is -1.94. The molecular weight excluding hydrogens is 1340 g/mol. The number of carbonyl (C=O) groups is 4. The summed E-state index contributed by atoms with van der Waals surface area (Å²) >= 11 is 0. The summed E-state index contributed by atoms with van der Waals surface area (Å²) in [6.07, 6.45) is 63.9. The van der Waals surface area contributed by atoms with E-state index in [0.717, 1.165) is 108 Å². The molecule has 3 N–H and O–H groups in total. The SMILES string of the molecule is CCCCCCCCCCCCCCCCCCCCC(=O)OC[C@H](COP(=O)(O)OC[C@@H](O)COP(=O)(O)OC[C@@H](COC(=O)CCCCCCCCCC(C)C)OC(=O)CCCCCCCCCCCCCCCCC(C)C)OC(=O)CCCCCCCCCCCCCCCCCC(C)C. The van der Waals surface area contributed by atoms with E-state index < -0.39 is 97.5 Å². The van der Waals surface area contributed by atoms with Gasteiger partial charge in [-0.2, -0.15) is 0 Å². The smallest absolute Gasteiger partial charge is 0.462 e. The van der Waals surface area contributed by atoms with Crippen LogP contribution in [-0.4, -0.2) is 96.7 Å². The standard InChI is InChI=1S/C84H164O17P2/c1-8-9-10-11-12-13-14-15-16-17-18-21-27-32-37-44-51-58-65-81(86)94-71-79(100-83(88)67-60-53-45-38-33-28-22-19-20-25-30-35-41-48-55-62-75(2)3)73-98-102(90,91)96-69-78(85)70-97-103(92,93)99-74-80(72-95-82(87)66-59-52-47-40-43-50-57-64-77(6)7)101-84(89)68-61-54-46-39-34-29-24-23-26-31-36-42-49-56-63-76(4)5/h75-80,85H,8-74H2,1-7H3,(H,90,91)(H,92,93)/t78-,79-,80-/m1/s1. The average Bonchev–Trinajstić information content (AvgIpc) is 0.992. The second-order valence-electron chi connectivity index (χ2n) is 31.6. The van der Waals surface area contributed by atoms with E-state index in [1.165, 1.54) is 244 Å². The number of phosphoric acid groups is 2. The summed E-state index contributed by atoms with van der Waals surface area (Å²) in [6.45, 7) is 12.0. The van der Waals surface area contributed by atoms with Gasteiger partial charge in [-0.1, -0.05) is 389 Å². The summed E-state index contributed by atoms with van der Waals surface area (Å²) in [4.78, 5) is 73.1. The van der Waals surface area contributed by atoms with Crippen molar-refractivity contribution in [3.8, 4) is 0 Å². The molecule has 103 heavy (non-hydrogen) atoms. The molecule has 0 amide bonds. The zero-order valence-corrected chi connectivity index (χ0v) is 69.6. The Morgan fingerprint density at radius 2 is 0.447 bits per heavy atom. The molecule has 0 saturated carbocycles. The first-order chi connectivity index (χ1) is 49.7. The van der Waals surface area contributed by atoms with Crippen molar-refractivity contribution in [2.45, 2.75) is 458 Å². The highest BCUT2D eigenvalue weighted by Gasteiger charge is 2.30. The van der Waals surface area contributed by atoms with Crippen molar-refractivity contribution in [3.05, 3.63) is 0 Å². The van der Waals surface area contributed by atoms with Gasteiger partial charge in [-0.3, -0.25) is 37.3 Å². The summed E-state index contributed by atoms with van der Waals surface area (Å²) in [7, 11) is -9.93. The molecule has 0 aliphatic rings. The lowest BCUT2D eigenvalue weighted by Crippen LogP contribution is -2.30. The molecule has 0 rings (SSSR count). The van der Waals surface area contributed by atoms with Crippen molar-refractivity contribution in [2.75, 3.05) is 39.6 Å². The second-order valence-corrected chi connectivity index (χ2v) is 34.6. The fraction of sp³-hybridized carbons (Fsp3) is 0.952. The number of hydrogen-bond acceptors (Lipinski definition) is 15. The molecule has 2 unspecified atom stereocenters. The third-order valence-corrected chi connectivity index (χ3v) is 21.5. The van der Waals surface area contributed by atoms with Gasteiger partial charge >= 0.3 is 39.5 Å². The highest BCUT2D eigenvalue weighted by molar-refractivity contribution is 7.47. The maximum absolute atomic E-state index is 13.1. The van der Waals surface area contributed by atoms with Crippen LogP contribution in [0.5, 0.6) is 0 Å². The number of phosphoric ester groups is 2. The van der Waals surface area contributed by atoms with Gasteiger partial charge in [0.1, 0.15) is 19.3 Å². The van der Waals surface area contributed by atoms with Crippen LogP contribution in [0.1, 0.15) is 440 Å². The highest BCUT2D eigenvalue weighted by Crippen LogP contribution is 2.45. The lowest BCUT2D eigenvalue weighted by atomic mass is 10.0. The van der Waals surface area contributed by atoms with E-state index in [1.54, 1.807) is 0 Å². The molecule has 612 valence electrons. The van der Waals surface area contributed by atoms with Crippen LogP contribution < -0.4 is 0 Å². The Morgan fingerprint density at radius 3 is 0.660 bits per heavy atom. The molecule has 0 aliphatic carbocycles. The molecule has 0 aromatic heterocycles. The number of aliphatic hydroxyl groups excluding tert-OH is 1. The van der Waals surface area contributed by atoms with Gasteiger partial charge < -0.3 is 33.8 Å². The summed E-state index contributed by atoms with van der Waals surface area (Å²) < 4.78 is 68.8. The summed E-state index contributed by atoms with van der Waals surface area (Å²) in [6, 6.07) is 0. The Labute approximate surface area is 632 Å². The van der Waals surface area contributed by atoms with Crippen molar-refractivity contribution < 1.29 is 80.2 Å². The molecule has 0 aromatic rings. The lowest BCUT2D eigenvalue weighted by Gasteiger charge is -2.21. The van der Waals surface area contributed by atoms with Gasteiger partial charge in [0, 0.05) is 25.7 Å². The van der Waals surface area contributed by atoms with E-state index in [-0.39, 0.29) is 25.7 Å². The molecule has 0 bridgehead atoms. The third kappa shape index (κ3) is 78.0. The van der Waals surface area contributed by atoms with Gasteiger partial charge in [0.15, 0.2) is 12.2 Å². The van der Waals surface area contributed by atoms with E-state index in [9.17, 15) is 43.2 Å². The van der Waals surface area contributed by atoms with E-state index in [4.69, 9.17) is 37.0 Å². The predicted molar refractivity (Wildman–Crippen MR) is 423 cm³/mol. The van der Waals surface area contributed by atoms with E-state index in [1.807, 2.05) is 0 Å². The molecule has 5 atom stereocenters. The number of carbonyl (C=O) groups excluding carboxylic acids is 4. The van der Waals surface area contributed by atoms with Crippen LogP contribution in [0.15, 0.2) is 0 Å². The van der Waals surface area contributed by atoms with Gasteiger partial charge in [0.2, 0.25) is 0 Å². The predicted octanol–water partition coefficient (Wildman–Crippen LogP) is 25.3. The molecule has 0 heterocycles. The van der Waals surface area contributed by atoms with Crippen LogP contribution in [-0.2, 0) is 65.4 Å². The molecule has 19 heteroatoms. The normalized spacial score (nSPS) is 13.9. The van der Waals surface area contributed by atoms with Crippen LogP contribution >= 0.6 is 15.6 Å². The first-order valence-corrected chi connectivity index (χ1v) is 46.3. The first kappa shape index (κ1) is 101. The van der Waals surface area contributed by atoms with E-state index >= 15 is 0 Å². The number of unbranched alkanes of at least 4 members (excludes halogenated alkanes) is 50. The Morgan fingerprint density at radius 1 is 0.262 bits per heavy atom. The van der Waals surface area contributed by atoms with E-state index in [0.29, 0.717) is 31.6 Å². The van der Waals surface area contributed by atoms with E-state index in [2.05, 4.69) is 48.5 Å². The van der Waals surface area contributed by atoms with Crippen molar-refractivity contribution in [1.29, 1.82) is 0 Å². The molecule has 0 aromatic carbocycles. The van der Waals surface area contributed by atoms with Crippen LogP contribution in [0.25, 0.3) is 0 Å². The highest BCUT2D eigenvalue weighted by atomic mass is 31.2. The Kier molecular flexibility index (Phi) is 72.8. The minimum Gasteiger partial charge on any atom is -0.462 e. The minimum atomic E-state index is -4.96. The average molecular weight is 1510 g/mol. The zero-order chi connectivity index (χ0) is 75.8. The van der Waals surface area contributed by atoms with Gasteiger partial charge in [0.05, 0.1) is 26.4 Å². The molecule has 0 spiro atoms. The van der Waals surface area contributed by atoms with Crippen molar-refractivity contribution in [3.63, 3.8) is 0 Å². The maximum atomic E-state index is 13.1. The van der Waals surface area contributed by atoms with Crippen LogP contribution in [0, 0.1) is 17.8 Å². The van der Waals surface area contributed by atoms with Crippen molar-refractivity contribution in [1.82, 2.24) is 0 Å². The molecular formula is C84H164O17P2. The third-order valence-electron chi connectivity index (χ3n) is 19.6. The molecule has 0 aliphatic heterocycles. The summed E-state index contributed by atoms with van der Waals surface area (Å²) in [5, 5.41) is 10.7. The van der Waals surface area contributed by atoms with Crippen molar-refractivity contribution >= 4 is 39.5 Å². The zero-order valence-electron chi connectivity index (χ0n) is 67.8. The number of hydrogen-bond donors (Lipinski definition) is 3. The fourth-order valence-electron chi connectivity index (χ4n) is 13.0. The van der Waals surface area contributed by atoms with Crippen LogP contribution in [0.2, 0.25) is 0 Å². The second kappa shape index (κ2) is 74.2. The summed E-state index contributed by atoms with van der Waals surface area (Å²) in [5.74, 6) is 0.195. The molecule has 0 radical (unpaired) electrons. The Bertz CT molecular complexity index is 1990. The number of ether oxygens (including phenoxy) is 4. The number of rotatable bonds is 82. The summed E-state index contributed by atoms with van der Waals surface area (Å²) in [5.41, 5.74) is 0. The topological polar surface area (TPSA) is 237 Å². The minimum absolute atomic E-state index is 0.107. The largest absolute Gasteiger partial charge is 0.472 e. The monoisotopic (exact) mass is 1510 g/mol. The number of aliphatic hydroxyl groups is 1. The molecule has 0 fully saturated rings. The van der Waals surface area contributed by atoms with Gasteiger partial charge in [-0.25, -0.2) is 9.13 Å². The maximum Gasteiger partial charge on any atom is 0.472 e. The molecule has 0 saturated heterocycles. The van der Waals surface area contributed by atoms with Crippen LogP contribution in [0.3, 0.4) is 0 Å². The number of esters is 4. The quantitative estimate of drug-likeness (QED) is 0.0222. The molecule has 17 nitrogen and oxygen atoms in total. The van der Waals surface area contributed by atoms with Crippen LogP contribution in [0.4, 0.5) is 0 Å².